The maximum atomic E-state index is 11.9. The summed E-state index contributed by atoms with van der Waals surface area (Å²) in [5.74, 6) is 5.67. The number of hydrogen-bond acceptors (Lipinski definition) is 4. The van der Waals surface area contributed by atoms with Crippen LogP contribution < -0.4 is 11.1 Å². The summed E-state index contributed by atoms with van der Waals surface area (Å²) in [4.78, 5) is 13.5. The van der Waals surface area contributed by atoms with Gasteiger partial charge in [0.2, 0.25) is 0 Å². The minimum Gasteiger partial charge on any atom is -0.383 e. The molecule has 1 aromatic rings. The highest BCUT2D eigenvalue weighted by molar-refractivity contribution is 7.14. The molecular weight excluding hydrogens is 248 g/mol. The Morgan fingerprint density at radius 2 is 2.39 bits per heavy atom. The highest BCUT2D eigenvalue weighted by Gasteiger charge is 2.13. The minimum absolute atomic E-state index is 0.0107. The maximum Gasteiger partial charge on any atom is 0.261 e. The molecule has 0 saturated heterocycles. The SMILES string of the molecule is COCC(C)NC(=O)c1cc(C)c(C#CCN)s1. The summed E-state index contributed by atoms with van der Waals surface area (Å²) in [6, 6.07) is 1.84. The molecule has 98 valence electrons. The predicted octanol–water partition coefficient (Wildman–Crippen LogP) is 1.13. The van der Waals surface area contributed by atoms with Gasteiger partial charge in [-0.15, -0.1) is 11.3 Å². The van der Waals surface area contributed by atoms with Gasteiger partial charge in [0.15, 0.2) is 0 Å². The lowest BCUT2D eigenvalue weighted by Gasteiger charge is -2.11. The number of methoxy groups -OCH3 is 1. The van der Waals surface area contributed by atoms with Crippen LogP contribution in [0.4, 0.5) is 0 Å². The molecule has 1 aromatic heterocycles. The third-order valence-corrected chi connectivity index (χ3v) is 3.39. The second kappa shape index (κ2) is 7.17. The van der Waals surface area contributed by atoms with E-state index < -0.39 is 0 Å². The summed E-state index contributed by atoms with van der Waals surface area (Å²) < 4.78 is 4.97. The molecule has 0 bridgehead atoms. The van der Waals surface area contributed by atoms with Gasteiger partial charge in [-0.3, -0.25) is 4.79 Å². The first-order valence-corrected chi connectivity index (χ1v) is 6.49. The fourth-order valence-corrected chi connectivity index (χ4v) is 2.39. The van der Waals surface area contributed by atoms with E-state index in [1.54, 1.807) is 7.11 Å². The number of nitrogens with two attached hydrogens (primary N) is 1. The van der Waals surface area contributed by atoms with E-state index in [1.165, 1.54) is 11.3 Å². The van der Waals surface area contributed by atoms with Crippen LogP contribution in [0, 0.1) is 18.8 Å². The largest absolute Gasteiger partial charge is 0.383 e. The monoisotopic (exact) mass is 266 g/mol. The number of hydrogen-bond donors (Lipinski definition) is 2. The van der Waals surface area contributed by atoms with Gasteiger partial charge in [0, 0.05) is 13.2 Å². The number of thiophene rings is 1. The molecule has 0 aliphatic heterocycles. The summed E-state index contributed by atoms with van der Waals surface area (Å²) in [5.41, 5.74) is 6.34. The summed E-state index contributed by atoms with van der Waals surface area (Å²) in [7, 11) is 1.61. The molecule has 4 nitrogen and oxygen atoms in total. The van der Waals surface area contributed by atoms with Gasteiger partial charge in [0.1, 0.15) is 0 Å². The van der Waals surface area contributed by atoms with Crippen molar-refractivity contribution in [1.29, 1.82) is 0 Å². The van der Waals surface area contributed by atoms with Crippen molar-refractivity contribution >= 4 is 17.2 Å². The number of nitrogens with one attached hydrogen (secondary N) is 1. The first kappa shape index (κ1) is 14.7. The fraction of sp³-hybridized carbons (Fsp3) is 0.462. The Labute approximate surface area is 112 Å². The van der Waals surface area contributed by atoms with E-state index in [-0.39, 0.29) is 11.9 Å². The van der Waals surface area contributed by atoms with Gasteiger partial charge in [-0.2, -0.15) is 0 Å². The highest BCUT2D eigenvalue weighted by Crippen LogP contribution is 2.20. The van der Waals surface area contributed by atoms with Crippen molar-refractivity contribution in [2.45, 2.75) is 19.9 Å². The van der Waals surface area contributed by atoms with Gasteiger partial charge in [0.05, 0.1) is 22.9 Å². The van der Waals surface area contributed by atoms with Crippen LogP contribution in [0.25, 0.3) is 0 Å². The van der Waals surface area contributed by atoms with Gasteiger partial charge in [-0.05, 0) is 25.5 Å². The van der Waals surface area contributed by atoms with E-state index in [2.05, 4.69) is 17.2 Å². The molecule has 0 radical (unpaired) electrons. The first-order chi connectivity index (χ1) is 8.58. The van der Waals surface area contributed by atoms with Crippen molar-refractivity contribution in [3.8, 4) is 11.8 Å². The first-order valence-electron chi connectivity index (χ1n) is 5.67. The molecule has 0 aliphatic carbocycles. The van der Waals surface area contributed by atoms with Crippen LogP contribution in [-0.2, 0) is 4.74 Å². The molecular formula is C13H18N2O2S. The smallest absolute Gasteiger partial charge is 0.261 e. The molecule has 0 aliphatic rings. The average molecular weight is 266 g/mol. The lowest BCUT2D eigenvalue weighted by atomic mass is 10.2. The van der Waals surface area contributed by atoms with E-state index in [9.17, 15) is 4.79 Å². The van der Waals surface area contributed by atoms with E-state index in [4.69, 9.17) is 10.5 Å². The lowest BCUT2D eigenvalue weighted by molar-refractivity contribution is 0.0909. The van der Waals surface area contributed by atoms with Gasteiger partial charge in [-0.1, -0.05) is 11.8 Å². The molecule has 0 aromatic carbocycles. The fourth-order valence-electron chi connectivity index (χ4n) is 1.44. The standard InChI is InChI=1S/C13H18N2O2S/c1-9-7-12(18-11(9)5-4-6-14)13(16)15-10(2)8-17-3/h7,10H,6,8,14H2,1-3H3,(H,15,16). The lowest BCUT2D eigenvalue weighted by Crippen LogP contribution is -2.35. The Hall–Kier alpha value is -1.35. The Bertz CT molecular complexity index is 471. The second-order valence-electron chi connectivity index (χ2n) is 3.96. The minimum atomic E-state index is -0.0894. The highest BCUT2D eigenvalue weighted by atomic mass is 32.1. The van der Waals surface area contributed by atoms with E-state index in [0.29, 0.717) is 18.0 Å². The Morgan fingerprint density at radius 1 is 1.67 bits per heavy atom. The number of carbonyl (C=O) groups excluding carboxylic acids is 1. The number of carbonyl (C=O) groups is 1. The van der Waals surface area contributed by atoms with Crippen molar-refractivity contribution in [1.82, 2.24) is 5.32 Å². The van der Waals surface area contributed by atoms with Crippen LogP contribution in [-0.4, -0.2) is 32.2 Å². The van der Waals surface area contributed by atoms with Crippen molar-refractivity contribution in [2.24, 2.45) is 5.73 Å². The molecule has 5 heteroatoms. The van der Waals surface area contributed by atoms with Gasteiger partial charge in [0.25, 0.3) is 5.91 Å². The van der Waals surface area contributed by atoms with Gasteiger partial charge < -0.3 is 15.8 Å². The number of rotatable bonds is 4. The van der Waals surface area contributed by atoms with Crippen LogP contribution >= 0.6 is 11.3 Å². The zero-order chi connectivity index (χ0) is 13.5. The molecule has 1 unspecified atom stereocenters. The zero-order valence-corrected chi connectivity index (χ0v) is 11.7. The normalized spacial score (nSPS) is 11.6. The summed E-state index contributed by atoms with van der Waals surface area (Å²) in [5, 5.41) is 2.87. The summed E-state index contributed by atoms with van der Waals surface area (Å²) >= 11 is 1.39. The van der Waals surface area contributed by atoms with Crippen molar-refractivity contribution in [3.05, 3.63) is 21.4 Å². The number of aryl methyl sites for hydroxylation is 1. The molecule has 1 atom stereocenters. The topological polar surface area (TPSA) is 64.3 Å². The van der Waals surface area contributed by atoms with Crippen LogP contribution in [0.1, 0.15) is 27.0 Å². The summed E-state index contributed by atoms with van der Waals surface area (Å²) in [6.07, 6.45) is 0. The third-order valence-electron chi connectivity index (χ3n) is 2.24. The van der Waals surface area contributed by atoms with Crippen LogP contribution in [0.2, 0.25) is 0 Å². The van der Waals surface area contributed by atoms with Crippen molar-refractivity contribution < 1.29 is 9.53 Å². The Kier molecular flexibility index (Phi) is 5.86. The summed E-state index contributed by atoms with van der Waals surface area (Å²) in [6.45, 7) is 4.66. The molecule has 0 spiro atoms. The van der Waals surface area contributed by atoms with Gasteiger partial charge in [-0.25, -0.2) is 0 Å². The molecule has 1 amide bonds. The average Bonchev–Trinajstić information content (AvgIpc) is 2.68. The second-order valence-corrected chi connectivity index (χ2v) is 5.01. The van der Waals surface area contributed by atoms with Crippen molar-refractivity contribution in [3.63, 3.8) is 0 Å². The number of amides is 1. The zero-order valence-electron chi connectivity index (χ0n) is 10.9. The van der Waals surface area contributed by atoms with Crippen LogP contribution in [0.3, 0.4) is 0 Å². The third kappa shape index (κ3) is 4.15. The van der Waals surface area contributed by atoms with Crippen molar-refractivity contribution in [2.75, 3.05) is 20.3 Å². The van der Waals surface area contributed by atoms with Crippen LogP contribution in [0.15, 0.2) is 6.07 Å². The quantitative estimate of drug-likeness (QED) is 0.803. The van der Waals surface area contributed by atoms with Crippen LogP contribution in [0.5, 0.6) is 0 Å². The predicted molar refractivity (Wildman–Crippen MR) is 73.8 cm³/mol. The van der Waals surface area contributed by atoms with E-state index in [1.807, 2.05) is 19.9 Å². The Morgan fingerprint density at radius 3 is 3.00 bits per heavy atom. The van der Waals surface area contributed by atoms with Gasteiger partial charge >= 0.3 is 0 Å². The maximum absolute atomic E-state index is 11.9. The molecule has 0 saturated carbocycles. The van der Waals surface area contributed by atoms with E-state index in [0.717, 1.165) is 10.4 Å². The molecule has 1 heterocycles. The molecule has 3 N–H and O–H groups in total. The molecule has 18 heavy (non-hydrogen) atoms. The number of ether oxygens (including phenoxy) is 1. The molecule has 1 rings (SSSR count). The molecule has 0 fully saturated rings. The Balaban J connectivity index is 2.75. The van der Waals surface area contributed by atoms with E-state index >= 15 is 0 Å².